The van der Waals surface area contributed by atoms with Gasteiger partial charge in [0.05, 0.1) is 6.20 Å². The summed E-state index contributed by atoms with van der Waals surface area (Å²) < 4.78 is 3.97. The van der Waals surface area contributed by atoms with Crippen LogP contribution in [-0.4, -0.2) is 25.3 Å². The van der Waals surface area contributed by atoms with Gasteiger partial charge in [-0.3, -0.25) is 0 Å². The zero-order valence-electron chi connectivity index (χ0n) is 6.73. The SMILES string of the molecule is Cn1cc(Br)n2ncc(C(=O)O)c12. The summed E-state index contributed by atoms with van der Waals surface area (Å²) in [5, 5.41) is 12.8. The smallest absolute Gasteiger partial charge is 0.341 e. The predicted molar refractivity (Wildman–Crippen MR) is 48.8 cm³/mol. The predicted octanol–water partition coefficient (Wildman–Crippen LogP) is 1.13. The van der Waals surface area contributed by atoms with Gasteiger partial charge in [0.15, 0.2) is 5.65 Å². The van der Waals surface area contributed by atoms with Crippen molar-refractivity contribution in [3.05, 3.63) is 22.6 Å². The van der Waals surface area contributed by atoms with Gasteiger partial charge in [-0.05, 0) is 15.9 Å². The number of hydrogen-bond donors (Lipinski definition) is 1. The van der Waals surface area contributed by atoms with Crippen molar-refractivity contribution in [2.24, 2.45) is 7.05 Å². The molecule has 1 N–H and O–H groups in total. The summed E-state index contributed by atoms with van der Waals surface area (Å²) in [5.74, 6) is -0.969. The molecule has 0 bridgehead atoms. The summed E-state index contributed by atoms with van der Waals surface area (Å²) in [4.78, 5) is 10.8. The number of halogens is 1. The average molecular weight is 244 g/mol. The molecular formula is C7H6BrN3O2. The van der Waals surface area contributed by atoms with Crippen LogP contribution in [0.3, 0.4) is 0 Å². The minimum absolute atomic E-state index is 0.202. The Morgan fingerprint density at radius 2 is 2.38 bits per heavy atom. The van der Waals surface area contributed by atoms with Gasteiger partial charge in [0.25, 0.3) is 0 Å². The molecule has 2 aromatic rings. The minimum Gasteiger partial charge on any atom is -0.477 e. The zero-order valence-corrected chi connectivity index (χ0v) is 8.32. The molecule has 68 valence electrons. The van der Waals surface area contributed by atoms with E-state index in [4.69, 9.17) is 5.11 Å². The molecule has 2 heterocycles. The number of nitrogens with zero attached hydrogens (tertiary/aromatic N) is 3. The van der Waals surface area contributed by atoms with Crippen LogP contribution in [0.1, 0.15) is 10.4 Å². The van der Waals surface area contributed by atoms with Gasteiger partial charge in [-0.15, -0.1) is 0 Å². The molecule has 0 aliphatic rings. The molecule has 0 saturated carbocycles. The van der Waals surface area contributed by atoms with Crippen molar-refractivity contribution >= 4 is 27.5 Å². The fourth-order valence-corrected chi connectivity index (χ4v) is 1.83. The van der Waals surface area contributed by atoms with E-state index >= 15 is 0 Å². The van der Waals surface area contributed by atoms with E-state index in [1.165, 1.54) is 10.7 Å². The number of imidazole rings is 1. The topological polar surface area (TPSA) is 59.5 Å². The molecule has 0 aliphatic heterocycles. The van der Waals surface area contributed by atoms with Gasteiger partial charge >= 0.3 is 5.97 Å². The second-order valence-electron chi connectivity index (χ2n) is 2.66. The van der Waals surface area contributed by atoms with Crippen LogP contribution in [0, 0.1) is 0 Å². The number of carboxylic acids is 1. The van der Waals surface area contributed by atoms with E-state index in [1.807, 2.05) is 0 Å². The van der Waals surface area contributed by atoms with Crippen LogP contribution in [0.15, 0.2) is 17.0 Å². The highest BCUT2D eigenvalue weighted by molar-refractivity contribution is 9.10. The molecule has 0 radical (unpaired) electrons. The third-order valence-corrected chi connectivity index (χ3v) is 2.35. The molecule has 2 aromatic heterocycles. The Kier molecular flexibility index (Phi) is 1.66. The number of aromatic carboxylic acids is 1. The van der Waals surface area contributed by atoms with Gasteiger partial charge in [-0.25, -0.2) is 9.31 Å². The Bertz CT molecular complexity index is 485. The van der Waals surface area contributed by atoms with E-state index in [2.05, 4.69) is 21.0 Å². The third-order valence-electron chi connectivity index (χ3n) is 1.81. The van der Waals surface area contributed by atoms with E-state index in [9.17, 15) is 4.79 Å². The molecule has 0 amide bonds. The lowest BCUT2D eigenvalue weighted by molar-refractivity contribution is 0.0698. The van der Waals surface area contributed by atoms with Crippen molar-refractivity contribution in [2.45, 2.75) is 0 Å². The summed E-state index contributed by atoms with van der Waals surface area (Å²) in [6.45, 7) is 0. The minimum atomic E-state index is -0.969. The van der Waals surface area contributed by atoms with Crippen molar-refractivity contribution in [1.82, 2.24) is 14.2 Å². The van der Waals surface area contributed by atoms with Gasteiger partial charge in [-0.1, -0.05) is 0 Å². The number of carbonyl (C=O) groups is 1. The Labute approximate surface area is 81.7 Å². The van der Waals surface area contributed by atoms with Crippen molar-refractivity contribution in [2.75, 3.05) is 0 Å². The normalized spacial score (nSPS) is 10.9. The van der Waals surface area contributed by atoms with Crippen LogP contribution in [0.5, 0.6) is 0 Å². The van der Waals surface area contributed by atoms with Crippen LogP contribution in [0.4, 0.5) is 0 Å². The van der Waals surface area contributed by atoms with Crippen LogP contribution in [0.25, 0.3) is 5.65 Å². The molecule has 13 heavy (non-hydrogen) atoms. The Balaban J connectivity index is 2.86. The monoisotopic (exact) mass is 243 g/mol. The van der Waals surface area contributed by atoms with E-state index in [1.54, 1.807) is 17.8 Å². The van der Waals surface area contributed by atoms with E-state index < -0.39 is 5.97 Å². The molecule has 0 aliphatic carbocycles. The lowest BCUT2D eigenvalue weighted by Crippen LogP contribution is -1.98. The molecule has 5 nitrogen and oxygen atoms in total. The largest absolute Gasteiger partial charge is 0.477 e. The molecule has 0 aromatic carbocycles. The van der Waals surface area contributed by atoms with Crippen LogP contribution >= 0.6 is 15.9 Å². The highest BCUT2D eigenvalue weighted by Crippen LogP contribution is 2.17. The number of aryl methyl sites for hydroxylation is 1. The van der Waals surface area contributed by atoms with Crippen molar-refractivity contribution in [3.8, 4) is 0 Å². The summed E-state index contributed by atoms with van der Waals surface area (Å²) in [7, 11) is 1.77. The average Bonchev–Trinajstić information content (AvgIpc) is 2.55. The summed E-state index contributed by atoms with van der Waals surface area (Å²) >= 11 is 3.27. The van der Waals surface area contributed by atoms with Gasteiger partial charge in [0, 0.05) is 13.2 Å². The number of carboxylic acid groups (broad SMARTS) is 1. The maximum absolute atomic E-state index is 10.8. The van der Waals surface area contributed by atoms with Crippen molar-refractivity contribution in [3.63, 3.8) is 0 Å². The molecule has 0 fully saturated rings. The summed E-state index contributed by atoms with van der Waals surface area (Å²) in [6, 6.07) is 0. The molecule has 0 spiro atoms. The third kappa shape index (κ3) is 1.06. The number of hydrogen-bond acceptors (Lipinski definition) is 2. The molecule has 2 rings (SSSR count). The van der Waals surface area contributed by atoms with Gasteiger partial charge in [0.1, 0.15) is 10.2 Å². The molecule has 0 unspecified atom stereocenters. The summed E-state index contributed by atoms with van der Waals surface area (Å²) in [6.07, 6.45) is 3.09. The lowest BCUT2D eigenvalue weighted by atomic mass is 10.3. The first kappa shape index (κ1) is 8.31. The zero-order chi connectivity index (χ0) is 9.59. The number of fused-ring (bicyclic) bond motifs is 1. The first-order valence-corrected chi connectivity index (χ1v) is 4.32. The Morgan fingerprint density at radius 1 is 1.69 bits per heavy atom. The van der Waals surface area contributed by atoms with Crippen LogP contribution in [0.2, 0.25) is 0 Å². The highest BCUT2D eigenvalue weighted by Gasteiger charge is 2.15. The van der Waals surface area contributed by atoms with Crippen molar-refractivity contribution < 1.29 is 9.90 Å². The molecular weight excluding hydrogens is 238 g/mol. The van der Waals surface area contributed by atoms with Crippen molar-refractivity contribution in [1.29, 1.82) is 0 Å². The van der Waals surface area contributed by atoms with E-state index in [0.29, 0.717) is 5.65 Å². The van der Waals surface area contributed by atoms with Gasteiger partial charge in [0.2, 0.25) is 0 Å². The highest BCUT2D eigenvalue weighted by atomic mass is 79.9. The quantitative estimate of drug-likeness (QED) is 0.818. The molecule has 0 saturated heterocycles. The molecule has 6 heteroatoms. The maximum Gasteiger partial charge on any atom is 0.341 e. The Hall–Kier alpha value is -1.30. The lowest BCUT2D eigenvalue weighted by Gasteiger charge is -1.91. The number of rotatable bonds is 1. The standard InChI is InChI=1S/C7H6BrN3O2/c1-10-3-5(8)11-6(10)4(2-9-11)7(12)13/h2-3H,1H3,(H,12,13). The second kappa shape index (κ2) is 2.59. The van der Waals surface area contributed by atoms with Gasteiger partial charge in [-0.2, -0.15) is 5.10 Å². The second-order valence-corrected chi connectivity index (χ2v) is 3.47. The molecule has 0 atom stereocenters. The van der Waals surface area contributed by atoms with Crippen LogP contribution < -0.4 is 0 Å². The number of aromatic nitrogens is 3. The fraction of sp³-hybridized carbons (Fsp3) is 0.143. The van der Waals surface area contributed by atoms with E-state index in [-0.39, 0.29) is 5.56 Å². The van der Waals surface area contributed by atoms with Crippen LogP contribution in [-0.2, 0) is 7.05 Å². The maximum atomic E-state index is 10.8. The summed E-state index contributed by atoms with van der Waals surface area (Å²) in [5.41, 5.74) is 0.771. The fourth-order valence-electron chi connectivity index (χ4n) is 1.26. The first-order valence-electron chi connectivity index (χ1n) is 3.53. The first-order chi connectivity index (χ1) is 6.11. The van der Waals surface area contributed by atoms with Gasteiger partial charge < -0.3 is 9.67 Å². The Morgan fingerprint density at radius 3 is 3.00 bits per heavy atom. The van der Waals surface area contributed by atoms with E-state index in [0.717, 1.165) is 4.60 Å².